The van der Waals surface area contributed by atoms with Crippen LogP contribution in [-0.4, -0.2) is 47.3 Å². The van der Waals surface area contributed by atoms with Crippen LogP contribution in [0.2, 0.25) is 0 Å². The van der Waals surface area contributed by atoms with Crippen LogP contribution in [0.4, 0.5) is 0 Å². The highest BCUT2D eigenvalue weighted by atomic mass is 16.5. The molecule has 4 atom stereocenters. The molecule has 7 N–H and O–H groups in total. The molecule has 0 saturated heterocycles. The van der Waals surface area contributed by atoms with Crippen molar-refractivity contribution in [1.29, 1.82) is 0 Å². The standard InChI is InChI=1S/C30H22O10/c31-13-2-4-15(20(34)8-13)28(38)26-25(12-1-6-19(33)21(35)7-12)17-10-22(36)23(37)11-18(17)30-27(26)29(39)16-5-3-14(32)9-24(16)40-30/h1-11,25-27,30-37H. The molecule has 4 unspecified atom stereocenters. The molecule has 10 nitrogen and oxygen atoms in total. The van der Waals surface area contributed by atoms with Gasteiger partial charge in [-0.2, -0.15) is 0 Å². The SMILES string of the molecule is O=C1c2ccc(O)cc2OC2c3cc(O)c(O)cc3C(c3ccc(O)c(O)c3)C(C(=O)c3ccc(O)cc3O)C12. The molecule has 40 heavy (non-hydrogen) atoms. The van der Waals surface area contributed by atoms with Crippen molar-refractivity contribution in [1.82, 2.24) is 0 Å². The van der Waals surface area contributed by atoms with Gasteiger partial charge in [-0.15, -0.1) is 0 Å². The lowest BCUT2D eigenvalue weighted by Crippen LogP contribution is -2.46. The van der Waals surface area contributed by atoms with Gasteiger partial charge >= 0.3 is 0 Å². The van der Waals surface area contributed by atoms with E-state index in [4.69, 9.17) is 4.74 Å². The fraction of sp³-hybridized carbons (Fsp3) is 0.133. The van der Waals surface area contributed by atoms with Crippen molar-refractivity contribution in [2.24, 2.45) is 11.8 Å². The number of fused-ring (bicyclic) bond motifs is 4. The monoisotopic (exact) mass is 542 g/mol. The lowest BCUT2D eigenvalue weighted by atomic mass is 9.60. The fourth-order valence-corrected chi connectivity index (χ4v) is 5.82. The van der Waals surface area contributed by atoms with Crippen LogP contribution < -0.4 is 4.74 Å². The zero-order valence-electron chi connectivity index (χ0n) is 20.5. The van der Waals surface area contributed by atoms with Gasteiger partial charge in [0.2, 0.25) is 0 Å². The summed E-state index contributed by atoms with van der Waals surface area (Å²) in [5, 5.41) is 71.5. The van der Waals surface area contributed by atoms with Crippen LogP contribution in [0.5, 0.6) is 46.0 Å². The molecule has 0 spiro atoms. The molecular formula is C30H22O10. The fourth-order valence-electron chi connectivity index (χ4n) is 5.82. The van der Waals surface area contributed by atoms with Crippen molar-refractivity contribution >= 4 is 11.6 Å². The van der Waals surface area contributed by atoms with Gasteiger partial charge in [-0.25, -0.2) is 0 Å². The van der Waals surface area contributed by atoms with E-state index in [1.54, 1.807) is 0 Å². The lowest BCUT2D eigenvalue weighted by molar-refractivity contribution is 0.0378. The highest BCUT2D eigenvalue weighted by Gasteiger charge is 2.54. The third-order valence-electron chi connectivity index (χ3n) is 7.59. The normalized spacial score (nSPS) is 21.1. The minimum Gasteiger partial charge on any atom is -0.508 e. The Morgan fingerprint density at radius 3 is 2.00 bits per heavy atom. The van der Waals surface area contributed by atoms with E-state index in [1.807, 2.05) is 0 Å². The van der Waals surface area contributed by atoms with Gasteiger partial charge in [-0.1, -0.05) is 6.07 Å². The first-order valence-electron chi connectivity index (χ1n) is 12.2. The molecule has 0 aromatic heterocycles. The van der Waals surface area contributed by atoms with Crippen molar-refractivity contribution in [3.8, 4) is 46.0 Å². The van der Waals surface area contributed by atoms with Crippen molar-refractivity contribution in [3.63, 3.8) is 0 Å². The van der Waals surface area contributed by atoms with Gasteiger partial charge in [0.25, 0.3) is 0 Å². The molecule has 0 fully saturated rings. The first-order chi connectivity index (χ1) is 19.0. The van der Waals surface area contributed by atoms with Crippen LogP contribution in [0.15, 0.2) is 66.7 Å². The average molecular weight is 542 g/mol. The Morgan fingerprint density at radius 1 is 0.650 bits per heavy atom. The Bertz CT molecular complexity index is 1730. The lowest BCUT2D eigenvalue weighted by Gasteiger charge is -2.45. The average Bonchev–Trinajstić information content (AvgIpc) is 2.90. The number of ketones is 2. The summed E-state index contributed by atoms with van der Waals surface area (Å²) in [6.45, 7) is 0. The van der Waals surface area contributed by atoms with Crippen molar-refractivity contribution < 1.29 is 50.1 Å². The van der Waals surface area contributed by atoms with E-state index in [2.05, 4.69) is 0 Å². The molecule has 4 aromatic rings. The van der Waals surface area contributed by atoms with E-state index in [0.717, 1.165) is 6.07 Å². The molecule has 6 rings (SSSR count). The number of rotatable bonds is 3. The van der Waals surface area contributed by atoms with E-state index in [9.17, 15) is 45.3 Å². The topological polar surface area (TPSA) is 185 Å². The number of hydrogen-bond donors (Lipinski definition) is 7. The Morgan fingerprint density at radius 2 is 1.30 bits per heavy atom. The second-order valence-corrected chi connectivity index (χ2v) is 9.90. The summed E-state index contributed by atoms with van der Waals surface area (Å²) < 4.78 is 6.18. The van der Waals surface area contributed by atoms with Crippen LogP contribution >= 0.6 is 0 Å². The molecule has 1 aliphatic carbocycles. The number of ether oxygens (including phenoxy) is 1. The molecule has 10 heteroatoms. The molecular weight excluding hydrogens is 520 g/mol. The number of phenols is 7. The minimum atomic E-state index is -1.30. The zero-order chi connectivity index (χ0) is 28.5. The summed E-state index contributed by atoms with van der Waals surface area (Å²) in [6, 6.07) is 13.7. The van der Waals surface area contributed by atoms with Gasteiger partial charge in [-0.3, -0.25) is 9.59 Å². The first-order valence-corrected chi connectivity index (χ1v) is 12.2. The minimum absolute atomic E-state index is 0.0594. The second-order valence-electron chi connectivity index (χ2n) is 9.90. The number of benzene rings is 4. The van der Waals surface area contributed by atoms with Crippen molar-refractivity contribution in [3.05, 3.63) is 94.5 Å². The highest BCUT2D eigenvalue weighted by molar-refractivity contribution is 6.09. The number of carbonyl (C=O) groups is 2. The van der Waals surface area contributed by atoms with E-state index >= 15 is 0 Å². The predicted molar refractivity (Wildman–Crippen MR) is 138 cm³/mol. The van der Waals surface area contributed by atoms with Gasteiger partial charge in [0.15, 0.2) is 34.6 Å². The number of hydrogen-bond acceptors (Lipinski definition) is 10. The summed E-state index contributed by atoms with van der Waals surface area (Å²) >= 11 is 0. The zero-order valence-corrected chi connectivity index (χ0v) is 20.5. The summed E-state index contributed by atoms with van der Waals surface area (Å²) in [6.07, 6.45) is -1.15. The van der Waals surface area contributed by atoms with Crippen molar-refractivity contribution in [2.45, 2.75) is 12.0 Å². The summed E-state index contributed by atoms with van der Waals surface area (Å²) in [7, 11) is 0. The van der Waals surface area contributed by atoms with Gasteiger partial charge in [0.1, 0.15) is 29.1 Å². The largest absolute Gasteiger partial charge is 0.508 e. The molecule has 0 saturated carbocycles. The van der Waals surface area contributed by atoms with Crippen LogP contribution in [0.25, 0.3) is 0 Å². The quantitative estimate of drug-likeness (QED) is 0.146. The Hall–Kier alpha value is -5.38. The van der Waals surface area contributed by atoms with Crippen molar-refractivity contribution in [2.75, 3.05) is 0 Å². The first kappa shape index (κ1) is 24.9. The summed E-state index contributed by atoms with van der Waals surface area (Å²) in [4.78, 5) is 28.4. The molecule has 0 amide bonds. The molecule has 2 aliphatic rings. The Kier molecular flexibility index (Phi) is 5.51. The van der Waals surface area contributed by atoms with Gasteiger partial charge in [0.05, 0.1) is 17.0 Å². The van der Waals surface area contributed by atoms with Crippen LogP contribution in [0.1, 0.15) is 49.4 Å². The van der Waals surface area contributed by atoms with Gasteiger partial charge < -0.3 is 40.5 Å². The predicted octanol–water partition coefficient (Wildman–Crippen LogP) is 4.20. The van der Waals surface area contributed by atoms with Gasteiger partial charge in [0, 0.05) is 29.5 Å². The third kappa shape index (κ3) is 3.72. The smallest absolute Gasteiger partial charge is 0.174 e. The Balaban J connectivity index is 1.66. The number of Topliss-reactive ketones (excluding diaryl/α,β-unsaturated/α-hetero) is 2. The molecule has 0 radical (unpaired) electrons. The number of phenolic OH excluding ortho intramolecular Hbond substituents is 7. The summed E-state index contributed by atoms with van der Waals surface area (Å²) in [5.41, 5.74) is 0.769. The van der Waals surface area contributed by atoms with Crippen LogP contribution in [0.3, 0.4) is 0 Å². The van der Waals surface area contributed by atoms with E-state index in [-0.39, 0.29) is 39.5 Å². The highest BCUT2D eigenvalue weighted by Crippen LogP contribution is 2.57. The second kappa shape index (κ2) is 8.84. The number of carbonyl (C=O) groups excluding carboxylic acids is 2. The molecule has 0 bridgehead atoms. The molecule has 4 aromatic carbocycles. The third-order valence-corrected chi connectivity index (χ3v) is 7.59. The molecule has 1 heterocycles. The maximum absolute atomic E-state index is 14.3. The van der Waals surface area contributed by atoms with E-state index < -0.39 is 64.2 Å². The molecule has 1 aliphatic heterocycles. The molecule has 202 valence electrons. The number of aromatic hydroxyl groups is 7. The van der Waals surface area contributed by atoms with E-state index in [0.29, 0.717) is 5.56 Å². The van der Waals surface area contributed by atoms with Crippen LogP contribution in [-0.2, 0) is 0 Å². The maximum Gasteiger partial charge on any atom is 0.174 e. The van der Waals surface area contributed by atoms with Crippen LogP contribution in [0, 0.1) is 11.8 Å². The Labute approximate surface area is 226 Å². The van der Waals surface area contributed by atoms with Gasteiger partial charge in [-0.05, 0) is 59.7 Å². The summed E-state index contributed by atoms with van der Waals surface area (Å²) in [5.74, 6) is -7.59. The van der Waals surface area contributed by atoms with E-state index in [1.165, 1.54) is 60.7 Å². The maximum atomic E-state index is 14.3.